The van der Waals surface area contributed by atoms with Crippen LogP contribution in [0.1, 0.15) is 23.6 Å². The van der Waals surface area contributed by atoms with E-state index in [1.54, 1.807) is 0 Å². The molecular formula is C28H26N2O3. The molecule has 33 heavy (non-hydrogen) atoms. The Morgan fingerprint density at radius 2 is 1.58 bits per heavy atom. The molecule has 166 valence electrons. The molecule has 5 rings (SSSR count). The van der Waals surface area contributed by atoms with Gasteiger partial charge in [0.05, 0.1) is 12.2 Å². The van der Waals surface area contributed by atoms with E-state index in [1.165, 1.54) is 10.5 Å². The highest BCUT2D eigenvalue weighted by molar-refractivity contribution is 6.36. The average Bonchev–Trinajstić information content (AvgIpc) is 3.37. The Morgan fingerprint density at radius 1 is 0.848 bits per heavy atom. The third kappa shape index (κ3) is 3.91. The van der Waals surface area contributed by atoms with E-state index in [2.05, 4.69) is 6.07 Å². The van der Waals surface area contributed by atoms with Gasteiger partial charge in [-0.25, -0.2) is 0 Å². The molecule has 2 heterocycles. The molecule has 3 aromatic carbocycles. The number of amides is 2. The van der Waals surface area contributed by atoms with E-state index < -0.39 is 0 Å². The number of hydrogen-bond acceptors (Lipinski definition) is 4. The van der Waals surface area contributed by atoms with Crippen LogP contribution in [-0.2, 0) is 22.4 Å². The summed E-state index contributed by atoms with van der Waals surface area (Å²) >= 11 is 0. The topological polar surface area (TPSA) is 49.9 Å². The van der Waals surface area contributed by atoms with Crippen LogP contribution in [0.3, 0.4) is 0 Å². The van der Waals surface area contributed by atoms with Crippen LogP contribution in [0.5, 0.6) is 5.75 Å². The molecule has 5 nitrogen and oxygen atoms in total. The summed E-state index contributed by atoms with van der Waals surface area (Å²) in [6.07, 6.45) is 1.47. The van der Waals surface area contributed by atoms with Crippen molar-refractivity contribution >= 4 is 23.1 Å². The van der Waals surface area contributed by atoms with Crippen LogP contribution in [0.25, 0.3) is 5.57 Å². The maximum absolute atomic E-state index is 13.7. The second kappa shape index (κ2) is 8.94. The van der Waals surface area contributed by atoms with Gasteiger partial charge in [0.2, 0.25) is 0 Å². The third-order valence-electron chi connectivity index (χ3n) is 6.22. The monoisotopic (exact) mass is 438 g/mol. The minimum absolute atomic E-state index is 0.225. The molecule has 3 aromatic rings. The smallest absolute Gasteiger partial charge is 0.278 e. The highest BCUT2D eigenvalue weighted by Crippen LogP contribution is 2.38. The van der Waals surface area contributed by atoms with Crippen molar-refractivity contribution in [3.63, 3.8) is 0 Å². The van der Waals surface area contributed by atoms with E-state index >= 15 is 0 Å². The molecule has 0 N–H and O–H groups in total. The standard InChI is InChI=1S/C28H26N2O3/c1-2-33-23-14-12-22(13-15-23)25-26(29-19-17-21-10-6-7-11-24(21)29)28(32)30(27(25)31)18-16-20-8-4-3-5-9-20/h3-15H,2,16-19H2,1H3. The third-order valence-corrected chi connectivity index (χ3v) is 6.22. The number of hydrogen-bond donors (Lipinski definition) is 0. The maximum atomic E-state index is 13.7. The largest absolute Gasteiger partial charge is 0.494 e. The lowest BCUT2D eigenvalue weighted by Gasteiger charge is -2.22. The number of benzene rings is 3. The van der Waals surface area contributed by atoms with Crippen molar-refractivity contribution in [3.05, 3.63) is 101 Å². The number of para-hydroxylation sites is 1. The summed E-state index contributed by atoms with van der Waals surface area (Å²) in [5, 5.41) is 0. The van der Waals surface area contributed by atoms with Gasteiger partial charge in [0.25, 0.3) is 11.8 Å². The highest BCUT2D eigenvalue weighted by atomic mass is 16.5. The fraction of sp³-hybridized carbons (Fsp3) is 0.214. The van der Waals surface area contributed by atoms with Crippen LogP contribution >= 0.6 is 0 Å². The van der Waals surface area contributed by atoms with Gasteiger partial charge < -0.3 is 9.64 Å². The first-order valence-electron chi connectivity index (χ1n) is 11.4. The molecule has 0 aliphatic carbocycles. The predicted octanol–water partition coefficient (Wildman–Crippen LogP) is 4.47. The lowest BCUT2D eigenvalue weighted by Crippen LogP contribution is -2.36. The minimum atomic E-state index is -0.237. The Bertz CT molecular complexity index is 1220. The SMILES string of the molecule is CCOc1ccc(C2=C(N3CCc4ccccc43)C(=O)N(CCc3ccccc3)C2=O)cc1. The van der Waals surface area contributed by atoms with Gasteiger partial charge in [-0.15, -0.1) is 0 Å². The van der Waals surface area contributed by atoms with E-state index in [-0.39, 0.29) is 11.8 Å². The molecule has 0 spiro atoms. The fourth-order valence-corrected chi connectivity index (χ4v) is 4.62. The van der Waals surface area contributed by atoms with Crippen molar-refractivity contribution in [2.24, 2.45) is 0 Å². The van der Waals surface area contributed by atoms with Gasteiger partial charge in [-0.05, 0) is 54.7 Å². The number of anilines is 1. The molecular weight excluding hydrogens is 412 g/mol. The average molecular weight is 439 g/mol. The van der Waals surface area contributed by atoms with Crippen molar-refractivity contribution in [3.8, 4) is 5.75 Å². The summed E-state index contributed by atoms with van der Waals surface area (Å²) < 4.78 is 5.56. The van der Waals surface area contributed by atoms with Gasteiger partial charge in [-0.1, -0.05) is 60.7 Å². The summed E-state index contributed by atoms with van der Waals surface area (Å²) in [6, 6.07) is 25.5. The van der Waals surface area contributed by atoms with E-state index in [4.69, 9.17) is 4.74 Å². The molecule has 2 amide bonds. The summed E-state index contributed by atoms with van der Waals surface area (Å²) in [5.41, 5.74) is 4.97. The quantitative estimate of drug-likeness (QED) is 0.511. The zero-order valence-electron chi connectivity index (χ0n) is 18.7. The molecule has 5 heteroatoms. The van der Waals surface area contributed by atoms with Crippen molar-refractivity contribution in [1.82, 2.24) is 4.90 Å². The van der Waals surface area contributed by atoms with Gasteiger partial charge in [0.15, 0.2) is 0 Å². The zero-order valence-corrected chi connectivity index (χ0v) is 18.7. The Morgan fingerprint density at radius 3 is 2.33 bits per heavy atom. The fourth-order valence-electron chi connectivity index (χ4n) is 4.62. The number of imide groups is 1. The van der Waals surface area contributed by atoms with Gasteiger partial charge in [0, 0.05) is 18.8 Å². The molecule has 0 fully saturated rings. The highest BCUT2D eigenvalue weighted by Gasteiger charge is 2.43. The molecule has 0 radical (unpaired) electrons. The minimum Gasteiger partial charge on any atom is -0.494 e. The number of rotatable bonds is 7. The van der Waals surface area contributed by atoms with Crippen molar-refractivity contribution in [2.45, 2.75) is 19.8 Å². The first-order valence-corrected chi connectivity index (χ1v) is 11.4. The Balaban J connectivity index is 1.53. The Kier molecular flexibility index (Phi) is 5.69. The Labute approximate surface area is 193 Å². The number of nitrogens with zero attached hydrogens (tertiary/aromatic N) is 2. The number of carbonyl (C=O) groups excluding carboxylic acids is 2. The Hall–Kier alpha value is -3.86. The normalized spacial score (nSPS) is 15.4. The van der Waals surface area contributed by atoms with Crippen molar-refractivity contribution in [1.29, 1.82) is 0 Å². The maximum Gasteiger partial charge on any atom is 0.278 e. The van der Waals surface area contributed by atoms with Crippen molar-refractivity contribution < 1.29 is 14.3 Å². The molecule has 0 atom stereocenters. The molecule has 0 aromatic heterocycles. The van der Waals surface area contributed by atoms with Gasteiger partial charge in [-0.2, -0.15) is 0 Å². The zero-order chi connectivity index (χ0) is 22.8. The predicted molar refractivity (Wildman–Crippen MR) is 129 cm³/mol. The summed E-state index contributed by atoms with van der Waals surface area (Å²) in [4.78, 5) is 30.7. The van der Waals surface area contributed by atoms with Gasteiger partial charge in [0.1, 0.15) is 11.4 Å². The van der Waals surface area contributed by atoms with E-state index in [9.17, 15) is 9.59 Å². The van der Waals surface area contributed by atoms with E-state index in [0.717, 1.165) is 29.0 Å². The second-order valence-electron chi connectivity index (χ2n) is 8.21. The van der Waals surface area contributed by atoms with Crippen LogP contribution in [0.15, 0.2) is 84.6 Å². The number of carbonyl (C=O) groups is 2. The molecule has 2 aliphatic rings. The van der Waals surface area contributed by atoms with Crippen LogP contribution in [-0.4, -0.2) is 36.4 Å². The number of fused-ring (bicyclic) bond motifs is 1. The molecule has 0 saturated heterocycles. The molecule has 0 bridgehead atoms. The summed E-state index contributed by atoms with van der Waals surface area (Å²) in [7, 11) is 0. The van der Waals surface area contributed by atoms with E-state index in [0.29, 0.717) is 37.4 Å². The first kappa shape index (κ1) is 21.0. The first-order chi connectivity index (χ1) is 16.2. The lowest BCUT2D eigenvalue weighted by molar-refractivity contribution is -0.136. The van der Waals surface area contributed by atoms with E-state index in [1.807, 2.05) is 84.6 Å². The summed E-state index contributed by atoms with van der Waals surface area (Å²) in [5.74, 6) is 0.281. The number of ether oxygens (including phenoxy) is 1. The molecule has 0 saturated carbocycles. The van der Waals surface area contributed by atoms with Crippen LogP contribution in [0, 0.1) is 0 Å². The molecule has 2 aliphatic heterocycles. The molecule has 0 unspecified atom stereocenters. The van der Waals surface area contributed by atoms with Gasteiger partial charge in [-0.3, -0.25) is 14.5 Å². The second-order valence-corrected chi connectivity index (χ2v) is 8.21. The van der Waals surface area contributed by atoms with Crippen LogP contribution in [0.2, 0.25) is 0 Å². The van der Waals surface area contributed by atoms with Crippen LogP contribution in [0.4, 0.5) is 5.69 Å². The lowest BCUT2D eigenvalue weighted by atomic mass is 10.0. The van der Waals surface area contributed by atoms with Crippen molar-refractivity contribution in [2.75, 3.05) is 24.6 Å². The summed E-state index contributed by atoms with van der Waals surface area (Å²) in [6.45, 7) is 3.54. The van der Waals surface area contributed by atoms with Crippen LogP contribution < -0.4 is 9.64 Å². The van der Waals surface area contributed by atoms with Gasteiger partial charge >= 0.3 is 0 Å².